The van der Waals surface area contributed by atoms with E-state index in [1.807, 2.05) is 6.92 Å². The number of aromatic nitrogens is 2. The van der Waals surface area contributed by atoms with E-state index in [9.17, 15) is 13.2 Å². The zero-order valence-corrected chi connectivity index (χ0v) is 12.8. The lowest BCUT2D eigenvalue weighted by atomic mass is 10.2. The molecule has 0 saturated heterocycles. The van der Waals surface area contributed by atoms with Crippen LogP contribution in [0.3, 0.4) is 0 Å². The lowest BCUT2D eigenvalue weighted by molar-refractivity contribution is -0.274. The van der Waals surface area contributed by atoms with Gasteiger partial charge in [0.15, 0.2) is 5.16 Å². The highest BCUT2D eigenvalue weighted by Gasteiger charge is 2.31. The van der Waals surface area contributed by atoms with Crippen LogP contribution in [0, 0.1) is 0 Å². The predicted molar refractivity (Wildman–Crippen MR) is 76.5 cm³/mol. The van der Waals surface area contributed by atoms with Crippen LogP contribution < -0.4 is 4.74 Å². The van der Waals surface area contributed by atoms with E-state index in [2.05, 4.69) is 9.72 Å². The standard InChI is InChI=1S/C14H15F3N2O2S/c1-9(22-13-18-7-11(8-20)19(13)2)10-3-5-12(6-4-10)21-14(15,16)17/h3-7,9,20H,8H2,1-2H3. The predicted octanol–water partition coefficient (Wildman–Crippen LogP) is 3.66. The van der Waals surface area contributed by atoms with Gasteiger partial charge in [-0.15, -0.1) is 13.2 Å². The number of rotatable bonds is 5. The zero-order chi connectivity index (χ0) is 16.3. The van der Waals surface area contributed by atoms with Gasteiger partial charge in [-0.1, -0.05) is 23.9 Å². The summed E-state index contributed by atoms with van der Waals surface area (Å²) in [5.41, 5.74) is 1.55. The summed E-state index contributed by atoms with van der Waals surface area (Å²) < 4.78 is 42.0. The van der Waals surface area contributed by atoms with Gasteiger partial charge >= 0.3 is 6.36 Å². The van der Waals surface area contributed by atoms with Gasteiger partial charge in [0.2, 0.25) is 0 Å². The highest BCUT2D eigenvalue weighted by Crippen LogP contribution is 2.35. The molecule has 0 aliphatic heterocycles. The number of nitrogens with zero attached hydrogens (tertiary/aromatic N) is 2. The van der Waals surface area contributed by atoms with Crippen LogP contribution in [0.2, 0.25) is 0 Å². The second-order valence-electron chi connectivity index (χ2n) is 4.63. The summed E-state index contributed by atoms with van der Waals surface area (Å²) in [6.07, 6.45) is -3.09. The van der Waals surface area contributed by atoms with Crippen LogP contribution in [0.25, 0.3) is 0 Å². The van der Waals surface area contributed by atoms with E-state index < -0.39 is 6.36 Å². The first kappa shape index (κ1) is 16.7. The van der Waals surface area contributed by atoms with Crippen LogP contribution in [-0.2, 0) is 13.7 Å². The summed E-state index contributed by atoms with van der Waals surface area (Å²) in [5, 5.41) is 9.85. The Morgan fingerprint density at radius 2 is 1.95 bits per heavy atom. The Labute approximate surface area is 129 Å². The molecule has 0 aliphatic carbocycles. The molecule has 1 unspecified atom stereocenters. The van der Waals surface area contributed by atoms with Crippen LogP contribution in [0.1, 0.15) is 23.4 Å². The van der Waals surface area contributed by atoms with E-state index in [-0.39, 0.29) is 17.6 Å². The monoisotopic (exact) mass is 332 g/mol. The molecule has 1 heterocycles. The lowest BCUT2D eigenvalue weighted by Crippen LogP contribution is -2.17. The third-order valence-corrected chi connectivity index (χ3v) is 4.28. The zero-order valence-electron chi connectivity index (χ0n) is 12.0. The van der Waals surface area contributed by atoms with Crippen LogP contribution in [0.4, 0.5) is 13.2 Å². The number of aliphatic hydroxyl groups excluding tert-OH is 1. The van der Waals surface area contributed by atoms with Gasteiger partial charge in [0.05, 0.1) is 18.5 Å². The second kappa shape index (κ2) is 6.62. The van der Waals surface area contributed by atoms with Gasteiger partial charge in [0, 0.05) is 12.3 Å². The number of halogens is 3. The summed E-state index contributed by atoms with van der Waals surface area (Å²) in [6.45, 7) is 1.83. The van der Waals surface area contributed by atoms with E-state index in [1.54, 1.807) is 29.9 Å². The highest BCUT2D eigenvalue weighted by atomic mass is 32.2. The van der Waals surface area contributed by atoms with E-state index in [0.29, 0.717) is 5.69 Å². The van der Waals surface area contributed by atoms with Gasteiger partial charge in [0.25, 0.3) is 0 Å². The molecule has 0 bridgehead atoms. The molecule has 8 heteroatoms. The average Bonchev–Trinajstić information content (AvgIpc) is 2.78. The molecule has 1 aromatic carbocycles. The van der Waals surface area contributed by atoms with Crippen LogP contribution in [0.5, 0.6) is 5.75 Å². The first-order valence-electron chi connectivity index (χ1n) is 6.44. The van der Waals surface area contributed by atoms with Gasteiger partial charge < -0.3 is 14.4 Å². The minimum atomic E-state index is -4.68. The van der Waals surface area contributed by atoms with Crippen molar-refractivity contribution in [2.24, 2.45) is 7.05 Å². The molecule has 0 spiro atoms. The van der Waals surface area contributed by atoms with Crippen molar-refractivity contribution in [3.8, 4) is 5.75 Å². The minimum Gasteiger partial charge on any atom is -0.406 e. The van der Waals surface area contributed by atoms with Crippen molar-refractivity contribution in [2.75, 3.05) is 0 Å². The fourth-order valence-electron chi connectivity index (χ4n) is 1.85. The molecule has 1 aromatic heterocycles. The van der Waals surface area contributed by atoms with Gasteiger partial charge in [-0.2, -0.15) is 0 Å². The second-order valence-corrected chi connectivity index (χ2v) is 5.93. The first-order valence-corrected chi connectivity index (χ1v) is 7.32. The van der Waals surface area contributed by atoms with Gasteiger partial charge in [-0.25, -0.2) is 4.98 Å². The largest absolute Gasteiger partial charge is 0.573 e. The molecular weight excluding hydrogens is 317 g/mol. The average molecular weight is 332 g/mol. The molecule has 22 heavy (non-hydrogen) atoms. The third kappa shape index (κ3) is 4.17. The summed E-state index contributed by atoms with van der Waals surface area (Å²) in [6, 6.07) is 5.76. The Hall–Kier alpha value is -1.67. The Morgan fingerprint density at radius 1 is 1.32 bits per heavy atom. The van der Waals surface area contributed by atoms with Crippen molar-refractivity contribution >= 4 is 11.8 Å². The molecule has 0 fully saturated rings. The normalized spacial score (nSPS) is 13.2. The van der Waals surface area contributed by atoms with Crippen molar-refractivity contribution in [3.05, 3.63) is 41.7 Å². The van der Waals surface area contributed by atoms with Crippen molar-refractivity contribution in [1.29, 1.82) is 0 Å². The summed E-state index contributed by atoms with van der Waals surface area (Å²) in [5.74, 6) is -0.243. The number of benzene rings is 1. The fourth-order valence-corrected chi connectivity index (χ4v) is 2.85. The van der Waals surface area contributed by atoms with Crippen LogP contribution in [0.15, 0.2) is 35.6 Å². The third-order valence-electron chi connectivity index (χ3n) is 3.07. The van der Waals surface area contributed by atoms with Crippen molar-refractivity contribution in [2.45, 2.75) is 30.3 Å². The van der Waals surface area contributed by atoms with Crippen LogP contribution in [-0.4, -0.2) is 21.0 Å². The van der Waals surface area contributed by atoms with Crippen molar-refractivity contribution < 1.29 is 23.0 Å². The number of hydrogen-bond donors (Lipinski definition) is 1. The molecule has 0 aliphatic rings. The maximum absolute atomic E-state index is 12.1. The molecule has 0 amide bonds. The quantitative estimate of drug-likeness (QED) is 0.849. The van der Waals surface area contributed by atoms with Gasteiger partial charge in [0.1, 0.15) is 5.75 Å². The molecule has 2 rings (SSSR count). The highest BCUT2D eigenvalue weighted by molar-refractivity contribution is 7.99. The Balaban J connectivity index is 2.06. The first-order chi connectivity index (χ1) is 10.3. The summed E-state index contributed by atoms with van der Waals surface area (Å²) in [4.78, 5) is 4.21. The van der Waals surface area contributed by atoms with Crippen molar-refractivity contribution in [3.63, 3.8) is 0 Å². The maximum atomic E-state index is 12.1. The topological polar surface area (TPSA) is 47.3 Å². The minimum absolute atomic E-state index is 0.00687. The van der Waals surface area contributed by atoms with E-state index in [4.69, 9.17) is 5.11 Å². The number of ether oxygens (including phenoxy) is 1. The van der Waals surface area contributed by atoms with Crippen LogP contribution >= 0.6 is 11.8 Å². The van der Waals surface area contributed by atoms with E-state index in [1.165, 1.54) is 23.9 Å². The van der Waals surface area contributed by atoms with E-state index >= 15 is 0 Å². The molecule has 120 valence electrons. The van der Waals surface area contributed by atoms with Crippen molar-refractivity contribution in [1.82, 2.24) is 9.55 Å². The molecular formula is C14H15F3N2O2S. The number of hydrogen-bond acceptors (Lipinski definition) is 4. The molecule has 4 nitrogen and oxygen atoms in total. The van der Waals surface area contributed by atoms with Gasteiger partial charge in [-0.05, 0) is 24.6 Å². The smallest absolute Gasteiger partial charge is 0.406 e. The molecule has 0 saturated carbocycles. The molecule has 0 radical (unpaired) electrons. The Kier molecular flexibility index (Phi) is 5.02. The Morgan fingerprint density at radius 3 is 2.45 bits per heavy atom. The molecule has 1 atom stereocenters. The summed E-state index contributed by atoms with van der Waals surface area (Å²) in [7, 11) is 1.80. The summed E-state index contributed by atoms with van der Waals surface area (Å²) >= 11 is 1.46. The van der Waals surface area contributed by atoms with Gasteiger partial charge in [-0.3, -0.25) is 0 Å². The maximum Gasteiger partial charge on any atom is 0.573 e. The molecule has 2 aromatic rings. The number of imidazole rings is 1. The molecule has 1 N–H and O–H groups in total. The SMILES string of the molecule is CC(Sc1ncc(CO)n1C)c1ccc(OC(F)(F)F)cc1. The Bertz CT molecular complexity index is 626. The number of alkyl halides is 3. The number of aliphatic hydroxyl groups is 1. The number of thioether (sulfide) groups is 1. The fraction of sp³-hybridized carbons (Fsp3) is 0.357. The lowest BCUT2D eigenvalue weighted by Gasteiger charge is -2.13. The van der Waals surface area contributed by atoms with E-state index in [0.717, 1.165) is 10.7 Å².